The van der Waals surface area contributed by atoms with Crippen molar-refractivity contribution in [2.75, 3.05) is 7.11 Å². The van der Waals surface area contributed by atoms with Crippen LogP contribution in [0.25, 0.3) is 11.1 Å². The van der Waals surface area contributed by atoms with Gasteiger partial charge in [0.2, 0.25) is 0 Å². The van der Waals surface area contributed by atoms with Gasteiger partial charge in [-0.2, -0.15) is 5.10 Å². The zero-order valence-corrected chi connectivity index (χ0v) is 10.3. The van der Waals surface area contributed by atoms with Crippen molar-refractivity contribution in [1.29, 1.82) is 0 Å². The van der Waals surface area contributed by atoms with Gasteiger partial charge in [0.1, 0.15) is 11.3 Å². The Morgan fingerprint density at radius 1 is 1.44 bits per heavy atom. The molecule has 0 spiro atoms. The second-order valence-electron chi connectivity index (χ2n) is 3.81. The van der Waals surface area contributed by atoms with Crippen molar-refractivity contribution < 1.29 is 14.6 Å². The van der Waals surface area contributed by atoms with Gasteiger partial charge in [0.05, 0.1) is 13.3 Å². The lowest BCUT2D eigenvalue weighted by atomic mass is 10.1. The molecule has 1 heterocycles. The van der Waals surface area contributed by atoms with Gasteiger partial charge in [-0.25, -0.2) is 4.79 Å². The molecule has 1 N–H and O–H groups in total. The minimum Gasteiger partial charge on any atom is -0.507 e. The Balaban J connectivity index is 2.36. The molecule has 5 heteroatoms. The third kappa shape index (κ3) is 2.20. The number of phenols is 1. The monoisotopic (exact) mass is 246 g/mol. The van der Waals surface area contributed by atoms with Gasteiger partial charge in [-0.1, -0.05) is 6.07 Å². The minimum absolute atomic E-state index is 0.0939. The third-order valence-electron chi connectivity index (χ3n) is 2.69. The predicted molar refractivity (Wildman–Crippen MR) is 66.3 cm³/mol. The molecule has 0 fully saturated rings. The van der Waals surface area contributed by atoms with E-state index in [1.165, 1.54) is 13.2 Å². The molecule has 94 valence electrons. The topological polar surface area (TPSA) is 64.3 Å². The number of ether oxygens (including phenoxy) is 1. The van der Waals surface area contributed by atoms with Gasteiger partial charge in [-0.05, 0) is 24.6 Å². The summed E-state index contributed by atoms with van der Waals surface area (Å²) in [4.78, 5) is 11.3. The van der Waals surface area contributed by atoms with Gasteiger partial charge in [0.25, 0.3) is 0 Å². The number of aromatic nitrogens is 2. The summed E-state index contributed by atoms with van der Waals surface area (Å²) in [5.74, 6) is -0.646. The number of methoxy groups -OCH3 is 1. The van der Waals surface area contributed by atoms with Crippen LogP contribution in [0.5, 0.6) is 5.75 Å². The van der Waals surface area contributed by atoms with Crippen molar-refractivity contribution in [2.45, 2.75) is 13.5 Å². The maximum atomic E-state index is 11.3. The molecule has 5 nitrogen and oxygen atoms in total. The van der Waals surface area contributed by atoms with Gasteiger partial charge >= 0.3 is 5.97 Å². The average Bonchev–Trinajstić information content (AvgIpc) is 2.86. The molecule has 18 heavy (non-hydrogen) atoms. The molecule has 2 rings (SSSR count). The number of benzene rings is 1. The Kier molecular flexibility index (Phi) is 3.32. The molecule has 0 saturated heterocycles. The van der Waals surface area contributed by atoms with Crippen molar-refractivity contribution in [3.8, 4) is 16.9 Å². The van der Waals surface area contributed by atoms with Crippen LogP contribution in [-0.2, 0) is 11.3 Å². The highest BCUT2D eigenvalue weighted by Gasteiger charge is 2.12. The number of carbonyl (C=O) groups is 1. The highest BCUT2D eigenvalue weighted by Crippen LogP contribution is 2.26. The van der Waals surface area contributed by atoms with E-state index in [0.717, 1.165) is 17.7 Å². The predicted octanol–water partition coefficient (Wildman–Crippen LogP) is 2.06. The van der Waals surface area contributed by atoms with E-state index in [4.69, 9.17) is 0 Å². The van der Waals surface area contributed by atoms with Crippen molar-refractivity contribution in [2.24, 2.45) is 0 Å². The van der Waals surface area contributed by atoms with Crippen LogP contribution in [0.2, 0.25) is 0 Å². The van der Waals surface area contributed by atoms with Crippen LogP contribution < -0.4 is 0 Å². The fourth-order valence-corrected chi connectivity index (χ4v) is 1.68. The Bertz CT molecular complexity index is 575. The second kappa shape index (κ2) is 4.91. The van der Waals surface area contributed by atoms with Gasteiger partial charge < -0.3 is 9.84 Å². The number of aryl methyl sites for hydroxylation is 1. The number of hydrogen-bond acceptors (Lipinski definition) is 4. The van der Waals surface area contributed by atoms with Gasteiger partial charge in [0.15, 0.2) is 0 Å². The summed E-state index contributed by atoms with van der Waals surface area (Å²) in [7, 11) is 1.28. The maximum absolute atomic E-state index is 11.3. The zero-order valence-electron chi connectivity index (χ0n) is 10.3. The van der Waals surface area contributed by atoms with E-state index in [2.05, 4.69) is 9.84 Å². The first-order chi connectivity index (χ1) is 8.65. The number of aromatic hydroxyl groups is 1. The van der Waals surface area contributed by atoms with Crippen LogP contribution in [0, 0.1) is 0 Å². The fourth-order valence-electron chi connectivity index (χ4n) is 1.68. The molecule has 2 aromatic rings. The quantitative estimate of drug-likeness (QED) is 0.842. The van der Waals surface area contributed by atoms with E-state index >= 15 is 0 Å². The first-order valence-electron chi connectivity index (χ1n) is 5.60. The molecule has 0 saturated carbocycles. The molecule has 0 aliphatic carbocycles. The fraction of sp³-hybridized carbons (Fsp3) is 0.231. The number of esters is 1. The Morgan fingerprint density at radius 2 is 2.22 bits per heavy atom. The minimum atomic E-state index is -0.552. The van der Waals surface area contributed by atoms with E-state index < -0.39 is 5.97 Å². The van der Waals surface area contributed by atoms with Crippen LogP contribution in [0.15, 0.2) is 30.6 Å². The molecule has 0 radical (unpaired) electrons. The summed E-state index contributed by atoms with van der Waals surface area (Å²) in [6.07, 6.45) is 3.60. The zero-order chi connectivity index (χ0) is 13.1. The lowest BCUT2D eigenvalue weighted by Gasteiger charge is -2.04. The summed E-state index contributed by atoms with van der Waals surface area (Å²) in [5, 5.41) is 13.9. The van der Waals surface area contributed by atoms with Crippen LogP contribution in [0.3, 0.4) is 0 Å². The summed E-state index contributed by atoms with van der Waals surface area (Å²) in [6.45, 7) is 2.78. The van der Waals surface area contributed by atoms with Crippen molar-refractivity contribution in [1.82, 2.24) is 9.78 Å². The molecule has 0 aliphatic rings. The van der Waals surface area contributed by atoms with E-state index in [1.54, 1.807) is 23.0 Å². The van der Waals surface area contributed by atoms with Crippen LogP contribution >= 0.6 is 0 Å². The molecule has 1 aromatic heterocycles. The van der Waals surface area contributed by atoms with Crippen LogP contribution in [-0.4, -0.2) is 28.0 Å². The van der Waals surface area contributed by atoms with Crippen LogP contribution in [0.1, 0.15) is 17.3 Å². The van der Waals surface area contributed by atoms with Gasteiger partial charge in [0, 0.05) is 18.3 Å². The lowest BCUT2D eigenvalue weighted by Crippen LogP contribution is -2.01. The largest absolute Gasteiger partial charge is 0.507 e. The first-order valence-corrected chi connectivity index (χ1v) is 5.60. The Labute approximate surface area is 105 Å². The van der Waals surface area contributed by atoms with Crippen molar-refractivity contribution in [3.63, 3.8) is 0 Å². The standard InChI is InChI=1S/C13H14N2O3/c1-3-15-8-10(7-14-15)9-4-5-11(12(16)6-9)13(17)18-2/h4-8,16H,3H2,1-2H3. The summed E-state index contributed by atoms with van der Waals surface area (Å²) >= 11 is 0. The molecule has 0 bridgehead atoms. The molecule has 1 aromatic carbocycles. The summed E-state index contributed by atoms with van der Waals surface area (Å²) in [5.41, 5.74) is 1.85. The highest BCUT2D eigenvalue weighted by atomic mass is 16.5. The van der Waals surface area contributed by atoms with Crippen LogP contribution in [0.4, 0.5) is 0 Å². The molecule has 0 atom stereocenters. The third-order valence-corrected chi connectivity index (χ3v) is 2.69. The smallest absolute Gasteiger partial charge is 0.341 e. The van der Waals surface area contributed by atoms with Crippen molar-refractivity contribution in [3.05, 3.63) is 36.2 Å². The summed E-state index contributed by atoms with van der Waals surface area (Å²) < 4.78 is 6.36. The number of rotatable bonds is 3. The van der Waals surface area contributed by atoms with E-state index in [1.807, 2.05) is 13.1 Å². The highest BCUT2D eigenvalue weighted by molar-refractivity contribution is 5.93. The van der Waals surface area contributed by atoms with Gasteiger partial charge in [-0.15, -0.1) is 0 Å². The van der Waals surface area contributed by atoms with E-state index in [0.29, 0.717) is 0 Å². The molecular formula is C13H14N2O3. The lowest BCUT2D eigenvalue weighted by molar-refractivity contribution is 0.0597. The number of hydrogen-bond donors (Lipinski definition) is 1. The normalized spacial score (nSPS) is 10.3. The van der Waals surface area contributed by atoms with E-state index in [9.17, 15) is 9.90 Å². The van der Waals surface area contributed by atoms with E-state index in [-0.39, 0.29) is 11.3 Å². The first kappa shape index (κ1) is 12.2. The molecule has 0 unspecified atom stereocenters. The molecule has 0 amide bonds. The Morgan fingerprint density at radius 3 is 2.78 bits per heavy atom. The SMILES string of the molecule is CCn1cc(-c2ccc(C(=O)OC)c(O)c2)cn1. The number of carbonyl (C=O) groups excluding carboxylic acids is 1. The second-order valence-corrected chi connectivity index (χ2v) is 3.81. The molecule has 0 aliphatic heterocycles. The number of phenolic OH excluding ortho intramolecular Hbond substituents is 1. The summed E-state index contributed by atoms with van der Waals surface area (Å²) in [6, 6.07) is 4.83. The Hall–Kier alpha value is -2.30. The number of nitrogens with zero attached hydrogens (tertiary/aromatic N) is 2. The van der Waals surface area contributed by atoms with Crippen molar-refractivity contribution >= 4 is 5.97 Å². The average molecular weight is 246 g/mol. The maximum Gasteiger partial charge on any atom is 0.341 e. The molecular weight excluding hydrogens is 232 g/mol. The van der Waals surface area contributed by atoms with Gasteiger partial charge in [-0.3, -0.25) is 4.68 Å².